The van der Waals surface area contributed by atoms with Gasteiger partial charge in [0.15, 0.2) is 16.9 Å². The highest BCUT2D eigenvalue weighted by atomic mass is 16.5. The lowest BCUT2D eigenvalue weighted by atomic mass is 9.58. The molecule has 0 unspecified atom stereocenters. The number of nitriles is 3. The van der Waals surface area contributed by atoms with E-state index < -0.39 is 11.3 Å². The summed E-state index contributed by atoms with van der Waals surface area (Å²) in [4.78, 5) is 2.27. The molecule has 1 aliphatic carbocycles. The summed E-state index contributed by atoms with van der Waals surface area (Å²) in [6, 6.07) is 12.3. The molecule has 7 heteroatoms. The van der Waals surface area contributed by atoms with Crippen molar-refractivity contribution in [2.45, 2.75) is 45.8 Å². The summed E-state index contributed by atoms with van der Waals surface area (Å²) in [7, 11) is 1.56. The first kappa shape index (κ1) is 23.2. The molecule has 2 N–H and O–H groups in total. The number of hydrogen-bond donors (Lipinski definition) is 1. The Bertz CT molecular complexity index is 1070. The molecule has 0 saturated heterocycles. The molecule has 1 aliphatic heterocycles. The van der Waals surface area contributed by atoms with Gasteiger partial charge in [0.1, 0.15) is 6.07 Å². The quantitative estimate of drug-likeness (QED) is 0.756. The fraction of sp³-hybridized carbons (Fsp3) is 0.480. The van der Waals surface area contributed by atoms with Gasteiger partial charge in [-0.2, -0.15) is 15.8 Å². The van der Waals surface area contributed by atoms with Gasteiger partial charge < -0.3 is 15.2 Å². The van der Waals surface area contributed by atoms with Gasteiger partial charge in [-0.3, -0.25) is 4.90 Å². The van der Waals surface area contributed by atoms with Crippen LogP contribution in [0.3, 0.4) is 0 Å². The SMILES string of the molecule is COc1cc([C@H]2[C@H]3CN(C(C)C)CC=C3C(C#N)=C(N)C2(C#N)C#N)ccc1OC(C)C. The first-order valence-electron chi connectivity index (χ1n) is 10.8. The second kappa shape index (κ2) is 8.95. The lowest BCUT2D eigenvalue weighted by Crippen LogP contribution is -2.49. The monoisotopic (exact) mass is 431 g/mol. The Morgan fingerprint density at radius 3 is 2.34 bits per heavy atom. The zero-order valence-corrected chi connectivity index (χ0v) is 19.2. The number of fused-ring (bicyclic) bond motifs is 1. The van der Waals surface area contributed by atoms with Crippen LogP contribution < -0.4 is 15.2 Å². The average Bonchev–Trinajstić information content (AvgIpc) is 2.78. The summed E-state index contributed by atoms with van der Waals surface area (Å²) < 4.78 is 11.4. The largest absolute Gasteiger partial charge is 0.493 e. The third kappa shape index (κ3) is 3.68. The molecule has 3 rings (SSSR count). The summed E-state index contributed by atoms with van der Waals surface area (Å²) in [6.45, 7) is 9.37. The van der Waals surface area contributed by atoms with Gasteiger partial charge in [-0.25, -0.2) is 0 Å². The van der Waals surface area contributed by atoms with Crippen LogP contribution in [0.5, 0.6) is 11.5 Å². The summed E-state index contributed by atoms with van der Waals surface area (Å²) in [6.07, 6.45) is 1.98. The minimum Gasteiger partial charge on any atom is -0.493 e. The first-order valence-corrected chi connectivity index (χ1v) is 10.8. The van der Waals surface area contributed by atoms with E-state index in [4.69, 9.17) is 15.2 Å². The van der Waals surface area contributed by atoms with E-state index in [1.54, 1.807) is 13.2 Å². The zero-order valence-electron chi connectivity index (χ0n) is 19.2. The molecule has 32 heavy (non-hydrogen) atoms. The third-order valence-electron chi connectivity index (χ3n) is 6.33. The van der Waals surface area contributed by atoms with Crippen LogP contribution in [-0.2, 0) is 0 Å². The molecular weight excluding hydrogens is 402 g/mol. The number of rotatable bonds is 5. The predicted molar refractivity (Wildman–Crippen MR) is 120 cm³/mol. The Labute approximate surface area is 189 Å². The number of benzene rings is 1. The normalized spacial score (nSPS) is 22.4. The maximum Gasteiger partial charge on any atom is 0.191 e. The van der Waals surface area contributed by atoms with Crippen molar-refractivity contribution in [3.05, 3.63) is 46.7 Å². The Morgan fingerprint density at radius 2 is 1.81 bits per heavy atom. The Morgan fingerprint density at radius 1 is 1.12 bits per heavy atom. The Balaban J connectivity index is 2.26. The smallest absolute Gasteiger partial charge is 0.191 e. The molecule has 1 heterocycles. The van der Waals surface area contributed by atoms with Crippen LogP contribution in [0.25, 0.3) is 0 Å². The van der Waals surface area contributed by atoms with Crippen molar-refractivity contribution < 1.29 is 9.47 Å². The topological polar surface area (TPSA) is 119 Å². The maximum atomic E-state index is 10.2. The number of ether oxygens (including phenoxy) is 2. The van der Waals surface area contributed by atoms with E-state index >= 15 is 0 Å². The van der Waals surface area contributed by atoms with Crippen molar-refractivity contribution in [2.24, 2.45) is 17.1 Å². The molecule has 1 aromatic rings. The first-order chi connectivity index (χ1) is 15.2. The second-order valence-electron chi connectivity index (χ2n) is 8.80. The molecule has 1 aromatic carbocycles. The average molecular weight is 432 g/mol. The van der Waals surface area contributed by atoms with Crippen molar-refractivity contribution in [1.29, 1.82) is 15.8 Å². The van der Waals surface area contributed by atoms with Gasteiger partial charge in [-0.1, -0.05) is 12.1 Å². The maximum absolute atomic E-state index is 10.2. The van der Waals surface area contributed by atoms with Gasteiger partial charge >= 0.3 is 0 Å². The molecule has 0 spiro atoms. The summed E-state index contributed by atoms with van der Waals surface area (Å²) in [5.41, 5.74) is 6.56. The molecule has 0 aromatic heterocycles. The van der Waals surface area contributed by atoms with Crippen LogP contribution >= 0.6 is 0 Å². The van der Waals surface area contributed by atoms with E-state index in [1.807, 2.05) is 32.1 Å². The highest BCUT2D eigenvalue weighted by molar-refractivity contribution is 5.60. The van der Waals surface area contributed by atoms with E-state index in [2.05, 4.69) is 37.0 Å². The molecule has 0 amide bonds. The summed E-state index contributed by atoms with van der Waals surface area (Å²) >= 11 is 0. The molecule has 2 atom stereocenters. The van der Waals surface area contributed by atoms with E-state index in [-0.39, 0.29) is 29.3 Å². The molecule has 2 aliphatic rings. The lowest BCUT2D eigenvalue weighted by Gasteiger charge is -2.46. The third-order valence-corrected chi connectivity index (χ3v) is 6.33. The van der Waals surface area contributed by atoms with Gasteiger partial charge in [0.25, 0.3) is 0 Å². The Hall–Kier alpha value is -3.47. The molecule has 0 saturated carbocycles. The number of allylic oxidation sites excluding steroid dienone is 2. The highest BCUT2D eigenvalue weighted by Gasteiger charge is 2.54. The van der Waals surface area contributed by atoms with Crippen molar-refractivity contribution in [1.82, 2.24) is 4.90 Å². The van der Waals surface area contributed by atoms with E-state index in [0.29, 0.717) is 24.6 Å². The van der Waals surface area contributed by atoms with Gasteiger partial charge in [-0.05, 0) is 51.0 Å². The van der Waals surface area contributed by atoms with Crippen LogP contribution in [0.15, 0.2) is 41.1 Å². The van der Waals surface area contributed by atoms with Crippen LogP contribution in [0, 0.1) is 45.3 Å². The molecular formula is C25H29N5O2. The summed E-state index contributed by atoms with van der Waals surface area (Å²) in [5.74, 6) is 0.307. The second-order valence-corrected chi connectivity index (χ2v) is 8.80. The molecule has 166 valence electrons. The minimum atomic E-state index is -1.67. The van der Waals surface area contributed by atoms with Crippen molar-refractivity contribution >= 4 is 0 Å². The van der Waals surface area contributed by atoms with Gasteiger partial charge in [0, 0.05) is 31.0 Å². The minimum absolute atomic E-state index is 0.0250. The van der Waals surface area contributed by atoms with Gasteiger partial charge in [0.2, 0.25) is 0 Å². The molecule has 7 nitrogen and oxygen atoms in total. The molecule has 0 radical (unpaired) electrons. The fourth-order valence-electron chi connectivity index (χ4n) is 4.73. The van der Waals surface area contributed by atoms with E-state index in [1.165, 1.54) is 0 Å². The lowest BCUT2D eigenvalue weighted by molar-refractivity contribution is 0.174. The summed E-state index contributed by atoms with van der Waals surface area (Å²) in [5, 5.41) is 30.3. The van der Waals surface area contributed by atoms with Crippen LogP contribution in [0.1, 0.15) is 39.2 Å². The van der Waals surface area contributed by atoms with Crippen molar-refractivity contribution in [2.75, 3.05) is 20.2 Å². The Kier molecular flexibility index (Phi) is 6.49. The number of methoxy groups -OCH3 is 1. The van der Waals surface area contributed by atoms with E-state index in [9.17, 15) is 15.8 Å². The fourth-order valence-corrected chi connectivity index (χ4v) is 4.73. The zero-order chi connectivity index (χ0) is 23.6. The van der Waals surface area contributed by atoms with Crippen LogP contribution in [0.2, 0.25) is 0 Å². The van der Waals surface area contributed by atoms with Crippen molar-refractivity contribution in [3.8, 4) is 29.7 Å². The van der Waals surface area contributed by atoms with E-state index in [0.717, 1.165) is 11.1 Å². The van der Waals surface area contributed by atoms with Gasteiger partial charge in [0.05, 0.1) is 36.6 Å². The highest BCUT2D eigenvalue weighted by Crippen LogP contribution is 2.55. The number of nitrogens with zero attached hydrogens (tertiary/aromatic N) is 4. The predicted octanol–water partition coefficient (Wildman–Crippen LogP) is 3.62. The van der Waals surface area contributed by atoms with Crippen LogP contribution in [-0.4, -0.2) is 37.2 Å². The molecule has 0 fully saturated rings. The number of hydrogen-bond acceptors (Lipinski definition) is 7. The number of nitrogens with two attached hydrogens (primary N) is 1. The van der Waals surface area contributed by atoms with Crippen molar-refractivity contribution in [3.63, 3.8) is 0 Å². The molecule has 0 bridgehead atoms. The standard InChI is InChI=1S/C25H29N5O2/c1-15(2)30-9-8-18-19(11-26)24(29)25(13-27,14-28)23(20(18)12-30)17-6-7-21(32-16(3)4)22(10-17)31-5/h6-8,10,15-16,20,23H,9,12,29H2,1-5H3/t20-,23-/m0/s1. The van der Waals surface area contributed by atoms with Crippen LogP contribution in [0.4, 0.5) is 0 Å². The van der Waals surface area contributed by atoms with Gasteiger partial charge in [-0.15, -0.1) is 0 Å².